The highest BCUT2D eigenvalue weighted by molar-refractivity contribution is 6.29. The van der Waals surface area contributed by atoms with E-state index in [0.717, 1.165) is 25.7 Å². The van der Waals surface area contributed by atoms with Crippen LogP contribution in [-0.4, -0.2) is 23.0 Å². The minimum absolute atomic E-state index is 0.0220. The second-order valence-electron chi connectivity index (χ2n) is 4.73. The molecule has 0 saturated heterocycles. The highest BCUT2D eigenvalue weighted by atomic mass is 35.5. The van der Waals surface area contributed by atoms with Crippen LogP contribution in [0.15, 0.2) is 6.07 Å². The third kappa shape index (κ3) is 4.06. The molecule has 0 radical (unpaired) electrons. The Morgan fingerprint density at radius 2 is 2.00 bits per heavy atom. The zero-order chi connectivity index (χ0) is 13.7. The second kappa shape index (κ2) is 6.70. The summed E-state index contributed by atoms with van der Waals surface area (Å²) in [4.78, 5) is 20.2. The lowest BCUT2D eigenvalue weighted by Crippen LogP contribution is -2.23. The fourth-order valence-corrected chi connectivity index (χ4v) is 2.48. The maximum Gasteiger partial charge on any atom is 0.234 e. The minimum atomic E-state index is -0.0220. The van der Waals surface area contributed by atoms with Gasteiger partial charge in [0, 0.05) is 12.0 Å². The molecule has 0 unspecified atom stereocenters. The van der Waals surface area contributed by atoms with Crippen LogP contribution in [0.5, 0.6) is 5.88 Å². The fourth-order valence-electron chi connectivity index (χ4n) is 2.31. The maximum absolute atomic E-state index is 12.2. The minimum Gasteiger partial charge on any atom is -0.481 e. The molecule has 2 rings (SSSR count). The number of halogens is 1. The summed E-state index contributed by atoms with van der Waals surface area (Å²) in [6, 6.07) is 1.50. The predicted molar refractivity (Wildman–Crippen MR) is 73.4 cm³/mol. The number of nitrogens with one attached hydrogen (secondary N) is 1. The lowest BCUT2D eigenvalue weighted by Gasteiger charge is -2.13. The van der Waals surface area contributed by atoms with Gasteiger partial charge in [-0.2, -0.15) is 4.98 Å². The highest BCUT2D eigenvalue weighted by Gasteiger charge is 2.21. The van der Waals surface area contributed by atoms with Gasteiger partial charge in [0.25, 0.3) is 0 Å². The van der Waals surface area contributed by atoms with Crippen LogP contribution in [0.25, 0.3) is 0 Å². The van der Waals surface area contributed by atoms with Crippen molar-refractivity contribution in [3.05, 3.63) is 11.2 Å². The number of nitrogens with zero attached hydrogens (tertiary/aromatic N) is 2. The number of hydrogen-bond donors (Lipinski definition) is 1. The van der Waals surface area contributed by atoms with Crippen molar-refractivity contribution in [2.45, 2.75) is 38.5 Å². The van der Waals surface area contributed by atoms with Crippen molar-refractivity contribution in [2.24, 2.45) is 5.92 Å². The number of rotatable bonds is 3. The fraction of sp³-hybridized carbons (Fsp3) is 0.615. The van der Waals surface area contributed by atoms with Gasteiger partial charge in [-0.05, 0) is 12.8 Å². The van der Waals surface area contributed by atoms with E-state index >= 15 is 0 Å². The molecule has 5 nitrogen and oxygen atoms in total. The molecule has 0 spiro atoms. The molecule has 104 valence electrons. The molecule has 19 heavy (non-hydrogen) atoms. The van der Waals surface area contributed by atoms with Crippen molar-refractivity contribution in [1.82, 2.24) is 9.97 Å². The van der Waals surface area contributed by atoms with Gasteiger partial charge in [-0.3, -0.25) is 10.1 Å². The highest BCUT2D eigenvalue weighted by Crippen LogP contribution is 2.24. The standard InChI is InChI=1S/C13H18ClN3O2/c1-19-11-8-10(14)15-13(16-11)17-12(18)9-6-4-2-3-5-7-9/h8-9H,2-7H2,1H3,(H,15,16,17,18). The molecule has 1 aromatic rings. The summed E-state index contributed by atoms with van der Waals surface area (Å²) in [6.45, 7) is 0. The van der Waals surface area contributed by atoms with Crippen LogP contribution in [0, 0.1) is 5.92 Å². The molecular weight excluding hydrogens is 266 g/mol. The molecule has 0 bridgehead atoms. The van der Waals surface area contributed by atoms with Gasteiger partial charge in [-0.25, -0.2) is 4.98 Å². The summed E-state index contributed by atoms with van der Waals surface area (Å²) >= 11 is 5.84. The van der Waals surface area contributed by atoms with Gasteiger partial charge in [0.2, 0.25) is 17.7 Å². The van der Waals surface area contributed by atoms with E-state index in [9.17, 15) is 4.79 Å². The molecular formula is C13H18ClN3O2. The molecule has 1 aromatic heterocycles. The number of hydrogen-bond acceptors (Lipinski definition) is 4. The quantitative estimate of drug-likeness (QED) is 0.684. The molecule has 0 atom stereocenters. The number of ether oxygens (including phenoxy) is 1. The third-order valence-corrected chi connectivity index (χ3v) is 3.54. The Balaban J connectivity index is 2.03. The number of aromatic nitrogens is 2. The normalized spacial score (nSPS) is 16.7. The topological polar surface area (TPSA) is 64.1 Å². The summed E-state index contributed by atoms with van der Waals surface area (Å²) < 4.78 is 5.00. The lowest BCUT2D eigenvalue weighted by molar-refractivity contribution is -0.120. The van der Waals surface area contributed by atoms with Gasteiger partial charge in [-0.15, -0.1) is 0 Å². The molecule has 1 aliphatic rings. The van der Waals surface area contributed by atoms with E-state index < -0.39 is 0 Å². The summed E-state index contributed by atoms with van der Waals surface area (Å²) in [7, 11) is 1.50. The van der Waals surface area contributed by atoms with E-state index in [1.54, 1.807) is 0 Å². The molecule has 1 saturated carbocycles. The number of anilines is 1. The number of carbonyl (C=O) groups excluding carboxylic acids is 1. The van der Waals surface area contributed by atoms with Crippen LogP contribution >= 0.6 is 11.6 Å². The van der Waals surface area contributed by atoms with Crippen LogP contribution in [0.2, 0.25) is 5.15 Å². The Hall–Kier alpha value is -1.36. The Labute approximate surface area is 117 Å². The summed E-state index contributed by atoms with van der Waals surface area (Å²) in [5.41, 5.74) is 0. The first-order valence-electron chi connectivity index (χ1n) is 6.58. The Morgan fingerprint density at radius 1 is 1.32 bits per heavy atom. The van der Waals surface area contributed by atoms with Gasteiger partial charge in [0.15, 0.2) is 0 Å². The average Bonchev–Trinajstić information content (AvgIpc) is 2.66. The molecule has 1 aliphatic carbocycles. The van der Waals surface area contributed by atoms with Crippen molar-refractivity contribution in [3.8, 4) is 5.88 Å². The Bertz CT molecular complexity index is 446. The summed E-state index contributed by atoms with van der Waals surface area (Å²) in [5.74, 6) is 0.581. The van der Waals surface area contributed by atoms with Gasteiger partial charge < -0.3 is 4.74 Å². The van der Waals surface area contributed by atoms with Crippen LogP contribution in [0.3, 0.4) is 0 Å². The van der Waals surface area contributed by atoms with Crippen LogP contribution < -0.4 is 10.1 Å². The van der Waals surface area contributed by atoms with Crippen LogP contribution in [-0.2, 0) is 4.79 Å². The van der Waals surface area contributed by atoms with E-state index in [1.807, 2.05) is 0 Å². The van der Waals surface area contributed by atoms with Gasteiger partial charge in [0.05, 0.1) is 7.11 Å². The summed E-state index contributed by atoms with van der Waals surface area (Å²) in [6.07, 6.45) is 6.51. The summed E-state index contributed by atoms with van der Waals surface area (Å²) in [5, 5.41) is 2.98. The molecule has 6 heteroatoms. The zero-order valence-electron chi connectivity index (χ0n) is 11.0. The van der Waals surface area contributed by atoms with Gasteiger partial charge in [-0.1, -0.05) is 37.3 Å². The first kappa shape index (κ1) is 14.1. The molecule has 1 N–H and O–H groups in total. The molecule has 1 fully saturated rings. The van der Waals surface area contributed by atoms with E-state index in [-0.39, 0.29) is 22.9 Å². The van der Waals surface area contributed by atoms with Crippen molar-refractivity contribution >= 4 is 23.5 Å². The Kier molecular flexibility index (Phi) is 4.96. The van der Waals surface area contributed by atoms with Crippen molar-refractivity contribution < 1.29 is 9.53 Å². The van der Waals surface area contributed by atoms with Gasteiger partial charge in [0.1, 0.15) is 5.15 Å². The first-order chi connectivity index (χ1) is 9.19. The SMILES string of the molecule is COc1cc(Cl)nc(NC(=O)C2CCCCCC2)n1. The van der Waals surface area contributed by atoms with E-state index in [0.29, 0.717) is 5.88 Å². The largest absolute Gasteiger partial charge is 0.481 e. The zero-order valence-corrected chi connectivity index (χ0v) is 11.7. The third-order valence-electron chi connectivity index (χ3n) is 3.34. The van der Waals surface area contributed by atoms with Gasteiger partial charge >= 0.3 is 0 Å². The average molecular weight is 284 g/mol. The van der Waals surface area contributed by atoms with Crippen molar-refractivity contribution in [1.29, 1.82) is 0 Å². The van der Waals surface area contributed by atoms with Crippen LogP contribution in [0.1, 0.15) is 38.5 Å². The van der Waals surface area contributed by atoms with E-state index in [1.165, 1.54) is 26.0 Å². The van der Waals surface area contributed by atoms with Crippen molar-refractivity contribution in [3.63, 3.8) is 0 Å². The monoisotopic (exact) mass is 283 g/mol. The van der Waals surface area contributed by atoms with E-state index in [2.05, 4.69) is 15.3 Å². The first-order valence-corrected chi connectivity index (χ1v) is 6.96. The number of methoxy groups -OCH3 is 1. The van der Waals surface area contributed by atoms with Crippen LogP contribution in [0.4, 0.5) is 5.95 Å². The van der Waals surface area contributed by atoms with E-state index in [4.69, 9.17) is 16.3 Å². The maximum atomic E-state index is 12.2. The smallest absolute Gasteiger partial charge is 0.234 e. The molecule has 0 aromatic carbocycles. The lowest BCUT2D eigenvalue weighted by atomic mass is 10.00. The molecule has 0 aliphatic heterocycles. The Morgan fingerprint density at radius 3 is 2.63 bits per heavy atom. The predicted octanol–water partition coefficient (Wildman–Crippen LogP) is 3.05. The second-order valence-corrected chi connectivity index (χ2v) is 5.12. The molecule has 1 heterocycles. The molecule has 1 amide bonds. The van der Waals surface area contributed by atoms with Crippen molar-refractivity contribution in [2.75, 3.05) is 12.4 Å². The number of carbonyl (C=O) groups is 1. The number of amides is 1.